The molecule has 19 heavy (non-hydrogen) atoms. The fraction of sp³-hybridized carbons (Fsp3) is 0.533. The summed E-state index contributed by atoms with van der Waals surface area (Å²) in [6.45, 7) is 6.86. The van der Waals surface area contributed by atoms with E-state index >= 15 is 0 Å². The van der Waals surface area contributed by atoms with E-state index in [1.54, 1.807) is 18.2 Å². The Morgan fingerprint density at radius 2 is 1.89 bits per heavy atom. The van der Waals surface area contributed by atoms with Gasteiger partial charge < -0.3 is 0 Å². The maximum Gasteiger partial charge on any atom is 0.178 e. The normalized spacial score (nSPS) is 24.4. The Hall–Kier alpha value is -0.570. The molecule has 1 aliphatic heterocycles. The SMILES string of the molecule is CC1CC(C)CN(CC(=O)c2cc(Cl)ccc2Cl)C1. The van der Waals surface area contributed by atoms with Gasteiger partial charge in [-0.1, -0.05) is 37.0 Å². The number of nitrogens with zero attached hydrogens (tertiary/aromatic N) is 1. The van der Waals surface area contributed by atoms with Gasteiger partial charge in [0.2, 0.25) is 0 Å². The molecule has 2 nitrogen and oxygen atoms in total. The van der Waals surface area contributed by atoms with Crippen LogP contribution in [0.5, 0.6) is 0 Å². The van der Waals surface area contributed by atoms with Gasteiger partial charge in [0.05, 0.1) is 11.6 Å². The standard InChI is InChI=1S/C15H19Cl2NO/c1-10-5-11(2)8-18(7-10)9-15(19)13-6-12(16)3-4-14(13)17/h3-4,6,10-11H,5,7-9H2,1-2H3. The van der Waals surface area contributed by atoms with Gasteiger partial charge in [0.25, 0.3) is 0 Å². The lowest BCUT2D eigenvalue weighted by atomic mass is 9.91. The first kappa shape index (κ1) is 14.8. The minimum absolute atomic E-state index is 0.0498. The van der Waals surface area contributed by atoms with Gasteiger partial charge in [-0.05, 0) is 36.5 Å². The minimum atomic E-state index is 0.0498. The summed E-state index contributed by atoms with van der Waals surface area (Å²) in [7, 11) is 0. The molecule has 1 aliphatic rings. The van der Waals surface area contributed by atoms with Crippen LogP contribution in [-0.4, -0.2) is 30.3 Å². The van der Waals surface area contributed by atoms with Crippen LogP contribution in [0.25, 0.3) is 0 Å². The van der Waals surface area contributed by atoms with Crippen molar-refractivity contribution >= 4 is 29.0 Å². The maximum atomic E-state index is 12.3. The molecular weight excluding hydrogens is 281 g/mol. The molecule has 1 saturated heterocycles. The molecule has 0 saturated carbocycles. The van der Waals surface area contributed by atoms with Gasteiger partial charge in [0.15, 0.2) is 5.78 Å². The number of hydrogen-bond donors (Lipinski definition) is 0. The maximum absolute atomic E-state index is 12.3. The number of carbonyl (C=O) groups excluding carboxylic acids is 1. The first-order valence-corrected chi connectivity index (χ1v) is 7.42. The molecule has 0 radical (unpaired) electrons. The average Bonchev–Trinajstić information content (AvgIpc) is 2.30. The highest BCUT2D eigenvalue weighted by Crippen LogP contribution is 2.24. The van der Waals surface area contributed by atoms with E-state index in [0.717, 1.165) is 13.1 Å². The summed E-state index contributed by atoms with van der Waals surface area (Å²) < 4.78 is 0. The van der Waals surface area contributed by atoms with Crippen molar-refractivity contribution in [3.8, 4) is 0 Å². The van der Waals surface area contributed by atoms with Crippen molar-refractivity contribution in [2.75, 3.05) is 19.6 Å². The lowest BCUT2D eigenvalue weighted by Gasteiger charge is -2.34. The molecule has 104 valence electrons. The number of Topliss-reactive ketones (excluding diaryl/α,β-unsaturated/α-hetero) is 1. The molecule has 0 N–H and O–H groups in total. The van der Waals surface area contributed by atoms with Crippen LogP contribution in [0.15, 0.2) is 18.2 Å². The second-order valence-electron chi connectivity index (χ2n) is 5.69. The highest BCUT2D eigenvalue weighted by atomic mass is 35.5. The second kappa shape index (κ2) is 6.25. The highest BCUT2D eigenvalue weighted by Gasteiger charge is 2.24. The van der Waals surface area contributed by atoms with Crippen LogP contribution < -0.4 is 0 Å². The fourth-order valence-electron chi connectivity index (χ4n) is 2.92. The molecule has 0 aliphatic carbocycles. The highest BCUT2D eigenvalue weighted by molar-refractivity contribution is 6.36. The Balaban J connectivity index is 2.06. The van der Waals surface area contributed by atoms with E-state index in [1.807, 2.05) is 0 Å². The van der Waals surface area contributed by atoms with Gasteiger partial charge in [-0.25, -0.2) is 0 Å². The van der Waals surface area contributed by atoms with Crippen LogP contribution in [0.3, 0.4) is 0 Å². The third kappa shape index (κ3) is 3.95. The Bertz CT molecular complexity index is 465. The zero-order valence-corrected chi connectivity index (χ0v) is 12.8. The molecule has 2 atom stereocenters. The summed E-state index contributed by atoms with van der Waals surface area (Å²) in [5, 5.41) is 1.03. The minimum Gasteiger partial charge on any atom is -0.295 e. The molecule has 1 fully saturated rings. The quantitative estimate of drug-likeness (QED) is 0.781. The molecule has 0 aromatic heterocycles. The number of ketones is 1. The van der Waals surface area contributed by atoms with Crippen molar-refractivity contribution in [1.82, 2.24) is 4.90 Å². The van der Waals surface area contributed by atoms with Gasteiger partial charge in [-0.15, -0.1) is 0 Å². The van der Waals surface area contributed by atoms with Crippen LogP contribution >= 0.6 is 23.2 Å². The van der Waals surface area contributed by atoms with Gasteiger partial charge in [-0.3, -0.25) is 9.69 Å². The van der Waals surface area contributed by atoms with Crippen LogP contribution in [0.4, 0.5) is 0 Å². The Morgan fingerprint density at radius 1 is 1.26 bits per heavy atom. The van der Waals surface area contributed by atoms with E-state index < -0.39 is 0 Å². The van der Waals surface area contributed by atoms with Gasteiger partial charge in [0, 0.05) is 23.7 Å². The number of benzene rings is 1. The average molecular weight is 300 g/mol. The predicted octanol–water partition coefficient (Wildman–Crippen LogP) is 4.15. The molecule has 1 heterocycles. The Kier molecular flexibility index (Phi) is 4.88. The van der Waals surface area contributed by atoms with Crippen molar-refractivity contribution < 1.29 is 4.79 Å². The summed E-state index contributed by atoms with van der Waals surface area (Å²) in [6.07, 6.45) is 1.24. The zero-order valence-electron chi connectivity index (χ0n) is 11.3. The topological polar surface area (TPSA) is 20.3 Å². The van der Waals surface area contributed by atoms with Crippen molar-refractivity contribution in [2.45, 2.75) is 20.3 Å². The molecule has 4 heteroatoms. The van der Waals surface area contributed by atoms with Crippen LogP contribution in [-0.2, 0) is 0 Å². The summed E-state index contributed by atoms with van der Waals surface area (Å²) in [5.74, 6) is 1.34. The summed E-state index contributed by atoms with van der Waals surface area (Å²) in [5.41, 5.74) is 0.528. The molecule has 2 unspecified atom stereocenters. The van der Waals surface area contributed by atoms with Crippen molar-refractivity contribution in [3.05, 3.63) is 33.8 Å². The number of carbonyl (C=O) groups is 1. The second-order valence-corrected chi connectivity index (χ2v) is 6.53. The molecule has 2 rings (SSSR count). The number of hydrogen-bond acceptors (Lipinski definition) is 2. The zero-order chi connectivity index (χ0) is 14.0. The monoisotopic (exact) mass is 299 g/mol. The molecule has 0 spiro atoms. The van der Waals surface area contributed by atoms with E-state index in [1.165, 1.54) is 6.42 Å². The largest absolute Gasteiger partial charge is 0.295 e. The molecular formula is C15H19Cl2NO. The first-order valence-electron chi connectivity index (χ1n) is 6.66. The molecule has 0 amide bonds. The van der Waals surface area contributed by atoms with Crippen LogP contribution in [0.2, 0.25) is 10.0 Å². The van der Waals surface area contributed by atoms with Crippen molar-refractivity contribution in [2.24, 2.45) is 11.8 Å². The third-order valence-electron chi connectivity index (χ3n) is 3.54. The van der Waals surface area contributed by atoms with Crippen molar-refractivity contribution in [1.29, 1.82) is 0 Å². The molecule has 1 aromatic carbocycles. The lowest BCUT2D eigenvalue weighted by molar-refractivity contribution is 0.0849. The van der Waals surface area contributed by atoms with E-state index in [-0.39, 0.29) is 5.78 Å². The van der Waals surface area contributed by atoms with E-state index in [4.69, 9.17) is 23.2 Å². The van der Waals surface area contributed by atoms with Gasteiger partial charge >= 0.3 is 0 Å². The fourth-order valence-corrected chi connectivity index (χ4v) is 3.32. The molecule has 1 aromatic rings. The summed E-state index contributed by atoms with van der Waals surface area (Å²) >= 11 is 12.0. The number of likely N-dealkylation sites (tertiary alicyclic amines) is 1. The molecule has 0 bridgehead atoms. The van der Waals surface area contributed by atoms with Crippen LogP contribution in [0.1, 0.15) is 30.6 Å². The Labute approximate surface area is 124 Å². The smallest absolute Gasteiger partial charge is 0.178 e. The summed E-state index contributed by atoms with van der Waals surface area (Å²) in [4.78, 5) is 14.5. The number of piperidine rings is 1. The number of rotatable bonds is 3. The predicted molar refractivity (Wildman–Crippen MR) is 80.2 cm³/mol. The van der Waals surface area contributed by atoms with Crippen LogP contribution in [0, 0.1) is 11.8 Å². The van der Waals surface area contributed by atoms with Gasteiger partial charge in [0.1, 0.15) is 0 Å². The van der Waals surface area contributed by atoms with E-state index in [0.29, 0.717) is 34.0 Å². The van der Waals surface area contributed by atoms with E-state index in [9.17, 15) is 4.79 Å². The number of halogens is 2. The van der Waals surface area contributed by atoms with Gasteiger partial charge in [-0.2, -0.15) is 0 Å². The lowest BCUT2D eigenvalue weighted by Crippen LogP contribution is -2.41. The third-order valence-corrected chi connectivity index (χ3v) is 4.11. The van der Waals surface area contributed by atoms with Crippen molar-refractivity contribution in [3.63, 3.8) is 0 Å². The summed E-state index contributed by atoms with van der Waals surface area (Å²) in [6, 6.07) is 5.04. The Morgan fingerprint density at radius 3 is 2.53 bits per heavy atom. The van der Waals surface area contributed by atoms with E-state index in [2.05, 4.69) is 18.7 Å². The first-order chi connectivity index (χ1) is 8.95.